The highest BCUT2D eigenvalue weighted by molar-refractivity contribution is 7.99. The Kier molecular flexibility index (Phi) is 2.91. The molecule has 0 aromatic carbocycles. The normalized spacial score (nSPS) is 10.3. The molecule has 0 fully saturated rings. The average molecular weight is 194 g/mol. The Morgan fingerprint density at radius 2 is 1.67 bits per heavy atom. The molecule has 1 rings (SSSR count). The number of thioether (sulfide) groups is 1. The molecule has 1 aromatic heterocycles. The minimum Gasteiger partial charge on any atom is -0.183 e. The van der Waals surface area contributed by atoms with Crippen LogP contribution in [0.2, 0.25) is 0 Å². The third-order valence-electron chi connectivity index (χ3n) is 1.04. The van der Waals surface area contributed by atoms with Crippen LogP contribution >= 0.6 is 11.8 Å². The summed E-state index contributed by atoms with van der Waals surface area (Å²) in [5.41, 5.74) is 0. The Morgan fingerprint density at radius 1 is 1.17 bits per heavy atom. The maximum atomic E-state index is 12.6. The highest BCUT2D eigenvalue weighted by atomic mass is 32.2. The van der Waals surface area contributed by atoms with E-state index >= 15 is 0 Å². The van der Waals surface area contributed by atoms with Gasteiger partial charge >= 0.3 is 6.08 Å². The number of hydrogen-bond donors (Lipinski definition) is 0. The Bertz CT molecular complexity index is 269. The van der Waals surface area contributed by atoms with Crippen LogP contribution in [-0.4, -0.2) is 15.7 Å². The van der Waals surface area contributed by atoms with Gasteiger partial charge in [-0.25, -0.2) is 0 Å². The predicted octanol–water partition coefficient (Wildman–Crippen LogP) is 2.01. The molecule has 0 saturated heterocycles. The van der Waals surface area contributed by atoms with E-state index in [9.17, 15) is 13.2 Å². The van der Waals surface area contributed by atoms with Gasteiger partial charge in [0.15, 0.2) is 0 Å². The van der Waals surface area contributed by atoms with Crippen LogP contribution in [0.1, 0.15) is 6.92 Å². The van der Waals surface area contributed by atoms with Gasteiger partial charge in [-0.2, -0.15) is 23.1 Å². The number of aromatic nitrogens is 2. The molecular weight excluding hydrogens is 189 g/mol. The van der Waals surface area contributed by atoms with Gasteiger partial charge in [-0.05, 0) is 5.75 Å². The summed E-state index contributed by atoms with van der Waals surface area (Å²) < 4.78 is 37.4. The fourth-order valence-electron chi connectivity index (χ4n) is 0.637. The first kappa shape index (κ1) is 9.31. The molecule has 66 valence electrons. The molecule has 0 spiro atoms. The predicted molar refractivity (Wildman–Crippen MR) is 38.3 cm³/mol. The third kappa shape index (κ3) is 1.88. The average Bonchev–Trinajstić information content (AvgIpc) is 1.96. The molecule has 0 unspecified atom stereocenters. The largest absolute Gasteiger partial charge is 0.314 e. The zero-order valence-corrected chi connectivity index (χ0v) is 6.96. The molecule has 1 heterocycles. The number of nitrogens with zero attached hydrogens (tertiary/aromatic N) is 2. The van der Waals surface area contributed by atoms with E-state index in [1.165, 1.54) is 0 Å². The van der Waals surface area contributed by atoms with Crippen molar-refractivity contribution < 1.29 is 13.2 Å². The minimum atomic E-state index is -1.38. The van der Waals surface area contributed by atoms with Gasteiger partial charge in [-0.15, -0.1) is 11.8 Å². The maximum Gasteiger partial charge on any atom is 0.314 e. The van der Waals surface area contributed by atoms with Crippen LogP contribution in [0.15, 0.2) is 4.90 Å². The van der Waals surface area contributed by atoms with Gasteiger partial charge in [-0.3, -0.25) is 0 Å². The smallest absolute Gasteiger partial charge is 0.183 e. The molecule has 0 amide bonds. The molecule has 0 aliphatic heterocycles. The lowest BCUT2D eigenvalue weighted by atomic mass is 10.6. The number of halogens is 3. The van der Waals surface area contributed by atoms with Crippen LogP contribution in [0.4, 0.5) is 13.2 Å². The van der Waals surface area contributed by atoms with Crippen molar-refractivity contribution in [2.75, 3.05) is 5.75 Å². The van der Waals surface area contributed by atoms with Crippen molar-refractivity contribution in [1.29, 1.82) is 0 Å². The molecule has 0 aliphatic carbocycles. The van der Waals surface area contributed by atoms with Gasteiger partial charge < -0.3 is 0 Å². The van der Waals surface area contributed by atoms with Crippen LogP contribution in [0.3, 0.4) is 0 Å². The van der Waals surface area contributed by atoms with Crippen molar-refractivity contribution in [2.45, 2.75) is 11.8 Å². The van der Waals surface area contributed by atoms with E-state index in [4.69, 9.17) is 0 Å². The Balaban J connectivity index is 3.10. The monoisotopic (exact) mass is 194 g/mol. The summed E-state index contributed by atoms with van der Waals surface area (Å²) in [5, 5.41) is 0. The van der Waals surface area contributed by atoms with Crippen LogP contribution in [0.25, 0.3) is 0 Å². The molecule has 0 N–H and O–H groups in total. The summed E-state index contributed by atoms with van der Waals surface area (Å²) >= 11 is 0.896. The van der Waals surface area contributed by atoms with Crippen molar-refractivity contribution in [3.05, 3.63) is 18.0 Å². The molecule has 12 heavy (non-hydrogen) atoms. The zero-order chi connectivity index (χ0) is 9.14. The van der Waals surface area contributed by atoms with Crippen LogP contribution in [0, 0.1) is 18.0 Å². The zero-order valence-electron chi connectivity index (χ0n) is 6.14. The molecule has 0 saturated carbocycles. The molecule has 0 atom stereocenters. The Labute approximate surface area is 71.2 Å². The summed E-state index contributed by atoms with van der Waals surface area (Å²) in [6.45, 7) is 1.72. The van der Waals surface area contributed by atoms with E-state index in [2.05, 4.69) is 9.97 Å². The topological polar surface area (TPSA) is 25.8 Å². The number of rotatable bonds is 2. The Hall–Kier alpha value is -0.780. The Morgan fingerprint density at radius 3 is 2.08 bits per heavy atom. The summed E-state index contributed by atoms with van der Waals surface area (Å²) in [7, 11) is 0. The van der Waals surface area contributed by atoms with Crippen LogP contribution in [0.5, 0.6) is 0 Å². The third-order valence-corrected chi connectivity index (χ3v) is 1.96. The van der Waals surface area contributed by atoms with Gasteiger partial charge in [0.25, 0.3) is 0 Å². The van der Waals surface area contributed by atoms with Crippen LogP contribution < -0.4 is 0 Å². The second-order valence-electron chi connectivity index (χ2n) is 1.84. The summed E-state index contributed by atoms with van der Waals surface area (Å²) in [6, 6.07) is 0. The van der Waals surface area contributed by atoms with E-state index in [0.29, 0.717) is 5.75 Å². The second kappa shape index (κ2) is 3.75. The molecule has 0 radical (unpaired) electrons. The lowest BCUT2D eigenvalue weighted by Crippen LogP contribution is -2.00. The summed E-state index contributed by atoms with van der Waals surface area (Å²) in [6.07, 6.45) is -1.38. The van der Waals surface area contributed by atoms with E-state index in [-0.39, 0.29) is 4.90 Å². The quantitative estimate of drug-likeness (QED) is 0.409. The van der Waals surface area contributed by atoms with Gasteiger partial charge in [0.05, 0.1) is 0 Å². The molecule has 0 bridgehead atoms. The SMILES string of the molecule is CCSc1c(F)nc(F)nc1F. The number of hydrogen-bond acceptors (Lipinski definition) is 3. The van der Waals surface area contributed by atoms with Crippen molar-refractivity contribution >= 4 is 11.8 Å². The summed E-state index contributed by atoms with van der Waals surface area (Å²) in [5.74, 6) is -1.82. The molecule has 0 aliphatic rings. The molecular formula is C6H5F3N2S. The van der Waals surface area contributed by atoms with Crippen LogP contribution in [-0.2, 0) is 0 Å². The minimum absolute atomic E-state index is 0.334. The fraction of sp³-hybridized carbons (Fsp3) is 0.333. The highest BCUT2D eigenvalue weighted by Crippen LogP contribution is 2.21. The van der Waals surface area contributed by atoms with E-state index < -0.39 is 18.0 Å². The fourth-order valence-corrected chi connectivity index (χ4v) is 1.26. The van der Waals surface area contributed by atoms with Crippen molar-refractivity contribution in [2.24, 2.45) is 0 Å². The lowest BCUT2D eigenvalue weighted by molar-refractivity contribution is 0.412. The van der Waals surface area contributed by atoms with Gasteiger partial charge in [0, 0.05) is 0 Å². The van der Waals surface area contributed by atoms with Crippen molar-refractivity contribution in [3.8, 4) is 0 Å². The first-order valence-corrected chi connectivity index (χ1v) is 4.15. The first-order chi connectivity index (χ1) is 5.65. The van der Waals surface area contributed by atoms with E-state index in [1.807, 2.05) is 0 Å². The maximum absolute atomic E-state index is 12.6. The van der Waals surface area contributed by atoms with E-state index in [1.54, 1.807) is 6.92 Å². The van der Waals surface area contributed by atoms with Crippen molar-refractivity contribution in [3.63, 3.8) is 0 Å². The van der Waals surface area contributed by atoms with Crippen molar-refractivity contribution in [1.82, 2.24) is 9.97 Å². The first-order valence-electron chi connectivity index (χ1n) is 3.16. The molecule has 2 nitrogen and oxygen atoms in total. The molecule has 1 aromatic rings. The van der Waals surface area contributed by atoms with Gasteiger partial charge in [-0.1, -0.05) is 6.92 Å². The van der Waals surface area contributed by atoms with E-state index in [0.717, 1.165) is 11.8 Å². The second-order valence-corrected chi connectivity index (χ2v) is 3.11. The van der Waals surface area contributed by atoms with Gasteiger partial charge in [0.1, 0.15) is 4.90 Å². The summed E-state index contributed by atoms with van der Waals surface area (Å²) in [4.78, 5) is 5.16. The highest BCUT2D eigenvalue weighted by Gasteiger charge is 2.13. The standard InChI is InChI=1S/C6H5F3N2S/c1-2-12-3-4(7)10-6(9)11-5(3)8/h2H2,1H3. The molecule has 6 heteroatoms. The lowest BCUT2D eigenvalue weighted by Gasteiger charge is -1.99. The van der Waals surface area contributed by atoms with Gasteiger partial charge in [0.2, 0.25) is 11.9 Å².